The van der Waals surface area contributed by atoms with Gasteiger partial charge in [0.2, 0.25) is 0 Å². The monoisotopic (exact) mass is 490 g/mol. The molecule has 0 aliphatic heterocycles. The van der Waals surface area contributed by atoms with Gasteiger partial charge < -0.3 is 4.42 Å². The van der Waals surface area contributed by atoms with E-state index in [1.165, 1.54) is 37.3 Å². The number of furan rings is 1. The first-order valence-electron chi connectivity index (χ1n) is 11.2. The SMILES string of the molecule is Cc1ccc(S(=O)(=O)N(C(=O)c2ccccc2)c2ccc3oc4c(c3c2)CCCC4)cc1[N+](=O)[O-]. The average molecular weight is 491 g/mol. The minimum atomic E-state index is -4.50. The van der Waals surface area contributed by atoms with Gasteiger partial charge in [-0.3, -0.25) is 14.9 Å². The smallest absolute Gasteiger partial charge is 0.273 e. The molecule has 1 aromatic heterocycles. The predicted molar refractivity (Wildman–Crippen MR) is 131 cm³/mol. The van der Waals surface area contributed by atoms with E-state index in [0.717, 1.165) is 52.8 Å². The molecule has 0 unspecified atom stereocenters. The second kappa shape index (κ2) is 8.66. The highest BCUT2D eigenvalue weighted by molar-refractivity contribution is 7.93. The molecule has 1 amide bonds. The van der Waals surface area contributed by atoms with Crippen molar-refractivity contribution in [1.82, 2.24) is 0 Å². The van der Waals surface area contributed by atoms with Gasteiger partial charge in [-0.15, -0.1) is 0 Å². The standard InChI is InChI=1S/C26H22N2O6S/c1-17-11-13-20(16-23(17)28(30)31)35(32,33)27(26(29)18-7-3-2-4-8-18)19-12-14-25-22(15-19)21-9-5-6-10-24(21)34-25/h2-4,7-8,11-16H,5-6,9-10H2,1H3. The molecule has 178 valence electrons. The normalized spacial score (nSPS) is 13.4. The number of benzene rings is 3. The summed E-state index contributed by atoms with van der Waals surface area (Å²) in [6.45, 7) is 1.53. The minimum Gasteiger partial charge on any atom is -0.461 e. The maximum absolute atomic E-state index is 13.9. The lowest BCUT2D eigenvalue weighted by Crippen LogP contribution is -2.37. The number of amides is 1. The van der Waals surface area contributed by atoms with E-state index in [0.29, 0.717) is 11.1 Å². The highest BCUT2D eigenvalue weighted by atomic mass is 32.2. The van der Waals surface area contributed by atoms with E-state index in [-0.39, 0.29) is 21.8 Å². The zero-order chi connectivity index (χ0) is 24.7. The minimum absolute atomic E-state index is 0.142. The molecule has 0 bridgehead atoms. The maximum atomic E-state index is 13.9. The number of carbonyl (C=O) groups excluding carboxylic acids is 1. The number of sulfonamides is 1. The van der Waals surface area contributed by atoms with E-state index < -0.39 is 20.9 Å². The lowest BCUT2D eigenvalue weighted by atomic mass is 9.96. The largest absolute Gasteiger partial charge is 0.461 e. The fourth-order valence-electron chi connectivity index (χ4n) is 4.49. The highest BCUT2D eigenvalue weighted by Gasteiger charge is 2.34. The fraction of sp³-hybridized carbons (Fsp3) is 0.192. The summed E-state index contributed by atoms with van der Waals surface area (Å²) in [5.41, 5.74) is 1.97. The van der Waals surface area contributed by atoms with Crippen LogP contribution in [0, 0.1) is 17.0 Å². The van der Waals surface area contributed by atoms with Crippen LogP contribution in [-0.4, -0.2) is 19.2 Å². The third-order valence-electron chi connectivity index (χ3n) is 6.29. The molecular formula is C26H22N2O6S. The first-order valence-corrected chi connectivity index (χ1v) is 12.7. The summed E-state index contributed by atoms with van der Waals surface area (Å²) in [4.78, 5) is 24.1. The Labute approximate surface area is 202 Å². The predicted octanol–water partition coefficient (Wildman–Crippen LogP) is 5.56. The van der Waals surface area contributed by atoms with Crippen molar-refractivity contribution in [2.75, 3.05) is 4.31 Å². The molecule has 8 nitrogen and oxygen atoms in total. The molecule has 9 heteroatoms. The summed E-state index contributed by atoms with van der Waals surface area (Å²) < 4.78 is 34.4. The molecule has 0 fully saturated rings. The van der Waals surface area contributed by atoms with Crippen LogP contribution in [0.1, 0.15) is 40.1 Å². The summed E-state index contributed by atoms with van der Waals surface area (Å²) in [5.74, 6) is 0.131. The lowest BCUT2D eigenvalue weighted by molar-refractivity contribution is -0.385. The highest BCUT2D eigenvalue weighted by Crippen LogP contribution is 2.36. The number of fused-ring (bicyclic) bond motifs is 3. The second-order valence-electron chi connectivity index (χ2n) is 8.54. The summed E-state index contributed by atoms with van der Waals surface area (Å²) in [7, 11) is -4.50. The fourth-order valence-corrected chi connectivity index (χ4v) is 5.92. The Morgan fingerprint density at radius 1 is 1.00 bits per heavy atom. The van der Waals surface area contributed by atoms with Gasteiger partial charge in [0.25, 0.3) is 21.6 Å². The number of nitro benzene ring substituents is 1. The van der Waals surface area contributed by atoms with E-state index in [9.17, 15) is 23.3 Å². The van der Waals surface area contributed by atoms with Gasteiger partial charge in [0.05, 0.1) is 15.5 Å². The molecule has 1 aliphatic carbocycles. The van der Waals surface area contributed by atoms with Crippen molar-refractivity contribution in [2.24, 2.45) is 0 Å². The molecular weight excluding hydrogens is 468 g/mol. The number of hydrogen-bond acceptors (Lipinski definition) is 6. The van der Waals surface area contributed by atoms with E-state index in [2.05, 4.69) is 0 Å². The first-order chi connectivity index (χ1) is 16.8. The van der Waals surface area contributed by atoms with E-state index in [1.807, 2.05) is 0 Å². The van der Waals surface area contributed by atoms with Crippen LogP contribution < -0.4 is 4.31 Å². The molecule has 1 heterocycles. The van der Waals surface area contributed by atoms with Crippen LogP contribution in [0.25, 0.3) is 11.0 Å². The van der Waals surface area contributed by atoms with Crippen molar-refractivity contribution in [3.63, 3.8) is 0 Å². The Morgan fingerprint density at radius 3 is 2.49 bits per heavy atom. The zero-order valence-electron chi connectivity index (χ0n) is 18.9. The number of nitro groups is 1. The van der Waals surface area contributed by atoms with Gasteiger partial charge in [0.15, 0.2) is 0 Å². The van der Waals surface area contributed by atoms with Gasteiger partial charge in [-0.05, 0) is 62.6 Å². The molecule has 3 aromatic carbocycles. The van der Waals surface area contributed by atoms with Crippen molar-refractivity contribution in [1.29, 1.82) is 0 Å². The van der Waals surface area contributed by atoms with Crippen molar-refractivity contribution in [3.8, 4) is 0 Å². The molecule has 5 rings (SSSR count). The number of carbonyl (C=O) groups is 1. The van der Waals surface area contributed by atoms with E-state index >= 15 is 0 Å². The summed E-state index contributed by atoms with van der Waals surface area (Å²) in [5, 5.41) is 12.2. The molecule has 0 atom stereocenters. The van der Waals surface area contributed by atoms with Gasteiger partial charge in [0, 0.05) is 34.6 Å². The average Bonchev–Trinajstić information content (AvgIpc) is 3.22. The van der Waals surface area contributed by atoms with Gasteiger partial charge in [-0.1, -0.05) is 24.3 Å². The Kier molecular flexibility index (Phi) is 5.64. The van der Waals surface area contributed by atoms with Crippen LogP contribution in [-0.2, 0) is 22.9 Å². The number of rotatable bonds is 5. The molecule has 4 aromatic rings. The third-order valence-corrected chi connectivity index (χ3v) is 8.00. The summed E-state index contributed by atoms with van der Waals surface area (Å²) in [6, 6.07) is 16.6. The molecule has 0 saturated carbocycles. The molecule has 35 heavy (non-hydrogen) atoms. The lowest BCUT2D eigenvalue weighted by Gasteiger charge is -2.23. The Bertz CT molecular complexity index is 1570. The molecule has 0 spiro atoms. The number of aryl methyl sites for hydroxylation is 3. The number of anilines is 1. The van der Waals surface area contributed by atoms with Crippen molar-refractivity contribution in [2.45, 2.75) is 37.5 Å². The maximum Gasteiger partial charge on any atom is 0.273 e. The number of hydrogen-bond donors (Lipinski definition) is 0. The summed E-state index contributed by atoms with van der Waals surface area (Å²) >= 11 is 0. The van der Waals surface area contributed by atoms with Gasteiger partial charge in [-0.2, -0.15) is 4.31 Å². The van der Waals surface area contributed by atoms with Crippen LogP contribution in [0.2, 0.25) is 0 Å². The number of nitrogens with zero attached hydrogens (tertiary/aromatic N) is 2. The second-order valence-corrected chi connectivity index (χ2v) is 10.3. The van der Waals surface area contributed by atoms with Crippen LogP contribution in [0.4, 0.5) is 11.4 Å². The molecule has 1 aliphatic rings. The van der Waals surface area contributed by atoms with Crippen molar-refractivity contribution in [3.05, 3.63) is 99.3 Å². The molecule has 0 radical (unpaired) electrons. The van der Waals surface area contributed by atoms with E-state index in [4.69, 9.17) is 4.42 Å². The quantitative estimate of drug-likeness (QED) is 0.267. The van der Waals surface area contributed by atoms with Crippen molar-refractivity contribution >= 4 is 38.3 Å². The molecule has 0 N–H and O–H groups in total. The zero-order valence-corrected chi connectivity index (χ0v) is 19.7. The summed E-state index contributed by atoms with van der Waals surface area (Å²) in [6.07, 6.45) is 3.66. The van der Waals surface area contributed by atoms with Crippen LogP contribution >= 0.6 is 0 Å². The molecule has 0 saturated heterocycles. The van der Waals surface area contributed by atoms with Crippen LogP contribution in [0.5, 0.6) is 0 Å². The Morgan fingerprint density at radius 2 is 1.74 bits per heavy atom. The van der Waals surface area contributed by atoms with Gasteiger partial charge in [-0.25, -0.2) is 8.42 Å². The van der Waals surface area contributed by atoms with Gasteiger partial charge in [0.1, 0.15) is 11.3 Å². The Hall–Kier alpha value is -3.98. The van der Waals surface area contributed by atoms with Gasteiger partial charge >= 0.3 is 0 Å². The topological polar surface area (TPSA) is 111 Å². The van der Waals surface area contributed by atoms with Crippen LogP contribution in [0.15, 0.2) is 76.0 Å². The Balaban J connectivity index is 1.71. The van der Waals surface area contributed by atoms with E-state index in [1.54, 1.807) is 30.3 Å². The van der Waals surface area contributed by atoms with Crippen LogP contribution in [0.3, 0.4) is 0 Å². The first kappa shape index (κ1) is 22.8. The third kappa shape index (κ3) is 3.97. The van der Waals surface area contributed by atoms with Crippen molar-refractivity contribution < 1.29 is 22.6 Å².